The molecule has 45 heavy (non-hydrogen) atoms. The molecule has 0 amide bonds. The Morgan fingerprint density at radius 2 is 0.800 bits per heavy atom. The van der Waals surface area contributed by atoms with Gasteiger partial charge in [-0.25, -0.2) is 0 Å². The van der Waals surface area contributed by atoms with Gasteiger partial charge in [-0.1, -0.05) is 152 Å². The van der Waals surface area contributed by atoms with E-state index in [1.54, 1.807) is 0 Å². The normalized spacial score (nSPS) is 12.0. The maximum absolute atomic E-state index is 2.54. The topological polar surface area (TPSA) is 4.93 Å². The van der Waals surface area contributed by atoms with Gasteiger partial charge in [0.25, 0.3) is 0 Å². The van der Waals surface area contributed by atoms with Crippen LogP contribution in [-0.2, 0) is 0 Å². The number of hydrogen-bond acceptors (Lipinski definition) is 0. The zero-order valence-corrected chi connectivity index (χ0v) is 24.5. The molecule has 1 heterocycles. The molecular formula is C44H27N. The van der Waals surface area contributed by atoms with Crippen LogP contribution in [0, 0.1) is 0 Å². The molecule has 0 unspecified atom stereocenters. The number of fused-ring (bicyclic) bond motifs is 6. The molecule has 0 aliphatic heterocycles. The third-order valence-electron chi connectivity index (χ3n) is 9.74. The van der Waals surface area contributed by atoms with Crippen LogP contribution in [0.2, 0.25) is 0 Å². The zero-order chi connectivity index (χ0) is 29.5. The summed E-state index contributed by atoms with van der Waals surface area (Å²) in [6, 6.07) is 60.3. The maximum Gasteiger partial charge on any atom is 0.0626 e. The standard InChI is InChI=1S/C44H27N/c1-3-16-30-28(12-1)14-9-21-34(30)43-39-20-7-8-25-40(39)45(44(43)37-23-10-15-29-13-2-4-17-31(29)37)41-27-26-36-33-19-6-5-18-32(33)35-22-11-24-38(41)42(35)36/h1-27H. The monoisotopic (exact) mass is 569 g/mol. The average Bonchev–Trinajstić information content (AvgIpc) is 3.62. The van der Waals surface area contributed by atoms with Crippen LogP contribution in [0.3, 0.4) is 0 Å². The van der Waals surface area contributed by atoms with Crippen molar-refractivity contribution in [2.24, 2.45) is 0 Å². The minimum absolute atomic E-state index is 1.20. The van der Waals surface area contributed by atoms with Crippen molar-refractivity contribution in [3.05, 3.63) is 164 Å². The maximum atomic E-state index is 2.54. The van der Waals surface area contributed by atoms with Crippen LogP contribution >= 0.6 is 0 Å². The van der Waals surface area contributed by atoms with E-state index in [4.69, 9.17) is 0 Å². The smallest absolute Gasteiger partial charge is 0.0626 e. The molecule has 1 aliphatic carbocycles. The first-order valence-corrected chi connectivity index (χ1v) is 15.6. The fraction of sp³-hybridized carbons (Fsp3) is 0. The van der Waals surface area contributed by atoms with E-state index in [1.165, 1.54) is 93.5 Å². The number of aromatic nitrogens is 1. The Hall–Kier alpha value is -5.92. The lowest BCUT2D eigenvalue weighted by Crippen LogP contribution is -2.00. The lowest BCUT2D eigenvalue weighted by atomic mass is 9.92. The summed E-state index contributed by atoms with van der Waals surface area (Å²) in [5.74, 6) is 0. The highest BCUT2D eigenvalue weighted by molar-refractivity contribution is 6.19. The van der Waals surface area contributed by atoms with E-state index in [2.05, 4.69) is 168 Å². The lowest BCUT2D eigenvalue weighted by molar-refractivity contribution is 1.15. The number of para-hydroxylation sites is 1. The van der Waals surface area contributed by atoms with Gasteiger partial charge < -0.3 is 4.57 Å². The molecule has 0 atom stereocenters. The lowest BCUT2D eigenvalue weighted by Gasteiger charge is -2.18. The summed E-state index contributed by atoms with van der Waals surface area (Å²) in [4.78, 5) is 0. The van der Waals surface area contributed by atoms with Gasteiger partial charge in [-0.3, -0.25) is 0 Å². The highest BCUT2D eigenvalue weighted by Gasteiger charge is 2.27. The fourth-order valence-corrected chi connectivity index (χ4v) is 7.88. The average molecular weight is 570 g/mol. The van der Waals surface area contributed by atoms with Crippen LogP contribution in [0.1, 0.15) is 0 Å². The van der Waals surface area contributed by atoms with Gasteiger partial charge in [0.05, 0.1) is 16.9 Å². The Balaban J connectivity index is 1.41. The molecule has 0 saturated carbocycles. The second kappa shape index (κ2) is 9.29. The zero-order valence-electron chi connectivity index (χ0n) is 24.5. The van der Waals surface area contributed by atoms with Crippen molar-refractivity contribution >= 4 is 43.2 Å². The van der Waals surface area contributed by atoms with Crippen LogP contribution < -0.4 is 0 Å². The van der Waals surface area contributed by atoms with Gasteiger partial charge in [-0.05, 0) is 66.9 Å². The third-order valence-corrected chi connectivity index (χ3v) is 9.74. The van der Waals surface area contributed by atoms with Crippen molar-refractivity contribution < 1.29 is 0 Å². The predicted octanol–water partition coefficient (Wildman–Crippen LogP) is 12.1. The summed E-state index contributed by atoms with van der Waals surface area (Å²) in [5, 5.41) is 8.87. The van der Waals surface area contributed by atoms with Crippen LogP contribution in [0.15, 0.2) is 164 Å². The molecule has 1 nitrogen and oxygen atoms in total. The largest absolute Gasteiger partial charge is 0.308 e. The minimum Gasteiger partial charge on any atom is -0.308 e. The summed E-state index contributed by atoms with van der Waals surface area (Å²) in [6.07, 6.45) is 0. The summed E-state index contributed by atoms with van der Waals surface area (Å²) in [7, 11) is 0. The van der Waals surface area contributed by atoms with Crippen molar-refractivity contribution in [3.63, 3.8) is 0 Å². The first kappa shape index (κ1) is 24.5. The molecule has 0 fully saturated rings. The highest BCUT2D eigenvalue weighted by Crippen LogP contribution is 2.51. The molecule has 1 aliphatic rings. The molecule has 10 rings (SSSR count). The van der Waals surface area contributed by atoms with Gasteiger partial charge in [0.2, 0.25) is 0 Å². The third kappa shape index (κ3) is 3.38. The SMILES string of the molecule is c1ccc2c(c1)-c1cccc3c(-n4c(-c5cccc6ccccc56)c(-c5cccc6ccccc56)c5ccccc54)ccc-2c13. The van der Waals surface area contributed by atoms with Gasteiger partial charge in [-0.15, -0.1) is 0 Å². The van der Waals surface area contributed by atoms with Gasteiger partial charge in [0.1, 0.15) is 0 Å². The van der Waals surface area contributed by atoms with E-state index < -0.39 is 0 Å². The summed E-state index contributed by atoms with van der Waals surface area (Å²) in [6.45, 7) is 0. The molecular weight excluding hydrogens is 542 g/mol. The van der Waals surface area contributed by atoms with Gasteiger partial charge in [0.15, 0.2) is 0 Å². The summed E-state index contributed by atoms with van der Waals surface area (Å²) in [5.41, 5.74) is 12.7. The van der Waals surface area contributed by atoms with Gasteiger partial charge in [-0.2, -0.15) is 0 Å². The molecule has 208 valence electrons. The predicted molar refractivity (Wildman–Crippen MR) is 191 cm³/mol. The van der Waals surface area contributed by atoms with Crippen LogP contribution in [0.25, 0.3) is 93.5 Å². The number of hydrogen-bond donors (Lipinski definition) is 0. The van der Waals surface area contributed by atoms with E-state index in [1.807, 2.05) is 0 Å². The highest BCUT2D eigenvalue weighted by atomic mass is 15.0. The Labute approximate surface area is 261 Å². The van der Waals surface area contributed by atoms with Crippen molar-refractivity contribution in [2.75, 3.05) is 0 Å². The van der Waals surface area contributed by atoms with Crippen molar-refractivity contribution in [1.82, 2.24) is 4.57 Å². The summed E-state index contributed by atoms with van der Waals surface area (Å²) >= 11 is 0. The van der Waals surface area contributed by atoms with Crippen molar-refractivity contribution in [1.29, 1.82) is 0 Å². The quantitative estimate of drug-likeness (QED) is 0.199. The minimum atomic E-state index is 1.20. The van der Waals surface area contributed by atoms with E-state index in [0.29, 0.717) is 0 Å². The first-order chi connectivity index (χ1) is 22.4. The second-order valence-electron chi connectivity index (χ2n) is 12.0. The van der Waals surface area contributed by atoms with E-state index >= 15 is 0 Å². The summed E-state index contributed by atoms with van der Waals surface area (Å²) < 4.78 is 2.54. The molecule has 8 aromatic carbocycles. The number of nitrogens with zero attached hydrogens (tertiary/aromatic N) is 1. The second-order valence-corrected chi connectivity index (χ2v) is 12.0. The van der Waals surface area contributed by atoms with Gasteiger partial charge >= 0.3 is 0 Å². The Bertz CT molecular complexity index is 2610. The molecule has 0 spiro atoms. The Morgan fingerprint density at radius 3 is 1.56 bits per heavy atom. The van der Waals surface area contributed by atoms with E-state index in [-0.39, 0.29) is 0 Å². The number of benzene rings is 8. The van der Waals surface area contributed by atoms with Crippen molar-refractivity contribution in [2.45, 2.75) is 0 Å². The van der Waals surface area contributed by atoms with Crippen LogP contribution in [-0.4, -0.2) is 4.57 Å². The Morgan fingerprint density at radius 1 is 0.311 bits per heavy atom. The first-order valence-electron chi connectivity index (χ1n) is 15.6. The molecule has 0 N–H and O–H groups in total. The Kier molecular flexibility index (Phi) is 5.06. The molecule has 1 heteroatoms. The molecule has 0 radical (unpaired) electrons. The van der Waals surface area contributed by atoms with Crippen molar-refractivity contribution in [3.8, 4) is 50.3 Å². The van der Waals surface area contributed by atoms with Crippen LogP contribution in [0.5, 0.6) is 0 Å². The number of rotatable bonds is 3. The molecule has 0 bridgehead atoms. The molecule has 9 aromatic rings. The van der Waals surface area contributed by atoms with E-state index in [9.17, 15) is 0 Å². The molecule has 0 saturated heterocycles. The van der Waals surface area contributed by atoms with E-state index in [0.717, 1.165) is 0 Å². The fourth-order valence-electron chi connectivity index (χ4n) is 7.88. The van der Waals surface area contributed by atoms with Crippen LogP contribution in [0.4, 0.5) is 0 Å². The molecule has 1 aromatic heterocycles. The van der Waals surface area contributed by atoms with Gasteiger partial charge in [0, 0.05) is 21.9 Å².